The zero-order chi connectivity index (χ0) is 20.9. The Labute approximate surface area is 176 Å². The van der Waals surface area contributed by atoms with Gasteiger partial charge in [-0.3, -0.25) is 0 Å². The lowest BCUT2D eigenvalue weighted by Gasteiger charge is -2.30. The van der Waals surface area contributed by atoms with E-state index >= 15 is 0 Å². The maximum absolute atomic E-state index is 12.4. The Bertz CT molecular complexity index is 958. The number of benzene rings is 2. The summed E-state index contributed by atoms with van der Waals surface area (Å²) in [6.07, 6.45) is 4.06. The van der Waals surface area contributed by atoms with Gasteiger partial charge in [0.1, 0.15) is 0 Å². The number of sulfonamides is 1. The van der Waals surface area contributed by atoms with Gasteiger partial charge in [-0.2, -0.15) is 0 Å². The summed E-state index contributed by atoms with van der Waals surface area (Å²) in [5, 5.41) is 11.4. The fourth-order valence-electron chi connectivity index (χ4n) is 3.35. The summed E-state index contributed by atoms with van der Waals surface area (Å²) >= 11 is 6.13. The third kappa shape index (κ3) is 6.09. The third-order valence-electron chi connectivity index (χ3n) is 4.85. The maximum atomic E-state index is 12.4. The van der Waals surface area contributed by atoms with Crippen LogP contribution in [-0.2, 0) is 16.4 Å². The fourth-order valence-corrected chi connectivity index (χ4v) is 4.04. The lowest BCUT2D eigenvalue weighted by Crippen LogP contribution is -2.33. The van der Waals surface area contributed by atoms with Gasteiger partial charge in [-0.1, -0.05) is 23.7 Å². The number of piperidine rings is 1. The summed E-state index contributed by atoms with van der Waals surface area (Å²) in [7, 11) is -3.70. The highest BCUT2D eigenvalue weighted by molar-refractivity contribution is 7.89. The molecule has 0 spiro atoms. The van der Waals surface area contributed by atoms with Gasteiger partial charge in [0.05, 0.1) is 16.3 Å². The first-order chi connectivity index (χ1) is 13.8. The molecule has 2 aromatic carbocycles. The Morgan fingerprint density at radius 1 is 1.07 bits per heavy atom. The molecule has 0 atom stereocenters. The van der Waals surface area contributed by atoms with Gasteiger partial charge in [-0.05, 0) is 61.6 Å². The number of amides is 2. The van der Waals surface area contributed by atoms with Crippen molar-refractivity contribution in [2.24, 2.45) is 5.14 Å². The molecule has 156 valence electrons. The van der Waals surface area contributed by atoms with E-state index in [4.69, 9.17) is 16.7 Å². The summed E-state index contributed by atoms with van der Waals surface area (Å²) < 4.78 is 22.6. The van der Waals surface area contributed by atoms with Crippen LogP contribution in [0, 0.1) is 0 Å². The number of urea groups is 1. The van der Waals surface area contributed by atoms with Crippen LogP contribution in [0.15, 0.2) is 47.4 Å². The second kappa shape index (κ2) is 9.47. The number of carbonyl (C=O) groups is 1. The van der Waals surface area contributed by atoms with E-state index in [-0.39, 0.29) is 10.9 Å². The predicted octanol–water partition coefficient (Wildman–Crippen LogP) is 3.34. The second-order valence-electron chi connectivity index (χ2n) is 7.03. The first-order valence-corrected chi connectivity index (χ1v) is 11.5. The van der Waals surface area contributed by atoms with Gasteiger partial charge < -0.3 is 15.5 Å². The lowest BCUT2D eigenvalue weighted by molar-refractivity contribution is 0.252. The minimum absolute atomic E-state index is 0.0677. The molecule has 2 aromatic rings. The fraction of sp³-hybridized carbons (Fsp3) is 0.350. The van der Waals surface area contributed by atoms with Gasteiger partial charge >= 0.3 is 6.03 Å². The molecule has 29 heavy (non-hydrogen) atoms. The molecule has 1 saturated heterocycles. The molecule has 4 N–H and O–H groups in total. The van der Waals surface area contributed by atoms with Gasteiger partial charge in [0.2, 0.25) is 10.0 Å². The Kier molecular flexibility index (Phi) is 7.00. The highest BCUT2D eigenvalue weighted by Gasteiger charge is 2.16. The number of hydrogen-bond donors (Lipinski definition) is 3. The van der Waals surface area contributed by atoms with E-state index in [2.05, 4.69) is 15.5 Å². The van der Waals surface area contributed by atoms with Crippen molar-refractivity contribution in [1.82, 2.24) is 5.32 Å². The molecular weight excluding hydrogens is 412 g/mol. The van der Waals surface area contributed by atoms with Gasteiger partial charge in [-0.15, -0.1) is 0 Å². The number of carbonyl (C=O) groups excluding carboxylic acids is 1. The third-order valence-corrected chi connectivity index (χ3v) is 6.02. The minimum atomic E-state index is -3.70. The highest BCUT2D eigenvalue weighted by atomic mass is 35.5. The van der Waals surface area contributed by atoms with Gasteiger partial charge in [-0.25, -0.2) is 18.4 Å². The molecular formula is C20H25ClN4O3S. The van der Waals surface area contributed by atoms with E-state index in [1.54, 1.807) is 18.2 Å². The summed E-state index contributed by atoms with van der Waals surface area (Å²) in [6, 6.07) is 11.5. The number of halogens is 1. The molecule has 7 nitrogen and oxygen atoms in total. The van der Waals surface area contributed by atoms with E-state index in [0.29, 0.717) is 23.7 Å². The van der Waals surface area contributed by atoms with Crippen LogP contribution < -0.4 is 20.7 Å². The van der Waals surface area contributed by atoms with E-state index in [1.165, 1.54) is 18.6 Å². The molecule has 0 aliphatic carbocycles. The SMILES string of the molecule is NS(=O)(=O)c1ccc(CCNC(=O)Nc2cc(Cl)ccc2N2CCCCC2)cc1. The molecule has 0 unspecified atom stereocenters. The predicted molar refractivity (Wildman–Crippen MR) is 116 cm³/mol. The normalized spacial score (nSPS) is 14.5. The summed E-state index contributed by atoms with van der Waals surface area (Å²) in [6.45, 7) is 2.33. The second-order valence-corrected chi connectivity index (χ2v) is 9.03. The Balaban J connectivity index is 1.56. The molecule has 0 bridgehead atoms. The van der Waals surface area contributed by atoms with E-state index in [0.717, 1.165) is 37.2 Å². The van der Waals surface area contributed by atoms with Crippen molar-refractivity contribution in [3.8, 4) is 0 Å². The van der Waals surface area contributed by atoms with Crippen molar-refractivity contribution in [1.29, 1.82) is 0 Å². The van der Waals surface area contributed by atoms with Crippen LogP contribution in [0.4, 0.5) is 16.2 Å². The maximum Gasteiger partial charge on any atom is 0.319 e. The van der Waals surface area contributed by atoms with Crippen molar-refractivity contribution in [3.63, 3.8) is 0 Å². The van der Waals surface area contributed by atoms with E-state index in [9.17, 15) is 13.2 Å². The van der Waals surface area contributed by atoms with Crippen molar-refractivity contribution < 1.29 is 13.2 Å². The monoisotopic (exact) mass is 436 g/mol. The van der Waals surface area contributed by atoms with Gasteiger partial charge in [0, 0.05) is 24.7 Å². The molecule has 2 amide bonds. The number of rotatable bonds is 6. The molecule has 1 heterocycles. The van der Waals surface area contributed by atoms with Crippen LogP contribution in [0.1, 0.15) is 24.8 Å². The first kappa shape index (κ1) is 21.4. The van der Waals surface area contributed by atoms with Gasteiger partial charge in [0.15, 0.2) is 0 Å². The summed E-state index contributed by atoms with van der Waals surface area (Å²) in [5.41, 5.74) is 2.56. The van der Waals surface area contributed by atoms with Crippen LogP contribution in [0.5, 0.6) is 0 Å². The van der Waals surface area contributed by atoms with Crippen LogP contribution in [0.3, 0.4) is 0 Å². The minimum Gasteiger partial charge on any atom is -0.370 e. The molecule has 3 rings (SSSR count). The Morgan fingerprint density at radius 2 is 1.76 bits per heavy atom. The Morgan fingerprint density at radius 3 is 2.41 bits per heavy atom. The van der Waals surface area contributed by atoms with Crippen molar-refractivity contribution in [2.75, 3.05) is 29.9 Å². The van der Waals surface area contributed by atoms with Crippen LogP contribution in [0.25, 0.3) is 0 Å². The number of anilines is 2. The number of nitrogens with one attached hydrogen (secondary N) is 2. The number of nitrogens with two attached hydrogens (primary N) is 1. The number of primary sulfonamides is 1. The smallest absolute Gasteiger partial charge is 0.319 e. The highest BCUT2D eigenvalue weighted by Crippen LogP contribution is 2.31. The average molecular weight is 437 g/mol. The molecule has 0 aromatic heterocycles. The van der Waals surface area contributed by atoms with Crippen molar-refractivity contribution in [2.45, 2.75) is 30.6 Å². The van der Waals surface area contributed by atoms with Crippen LogP contribution in [-0.4, -0.2) is 34.1 Å². The van der Waals surface area contributed by atoms with Crippen LogP contribution in [0.2, 0.25) is 5.02 Å². The van der Waals surface area contributed by atoms with Crippen molar-refractivity contribution >= 4 is 39.0 Å². The van der Waals surface area contributed by atoms with Gasteiger partial charge in [0.25, 0.3) is 0 Å². The summed E-state index contributed by atoms with van der Waals surface area (Å²) in [5.74, 6) is 0. The van der Waals surface area contributed by atoms with Crippen molar-refractivity contribution in [3.05, 3.63) is 53.1 Å². The molecule has 1 aliphatic rings. The number of nitrogens with zero attached hydrogens (tertiary/aromatic N) is 1. The molecule has 1 fully saturated rings. The number of hydrogen-bond acceptors (Lipinski definition) is 4. The standard InChI is InChI=1S/C20H25ClN4O3S/c21-16-6-9-19(25-12-2-1-3-13-25)18(14-16)24-20(26)23-11-10-15-4-7-17(8-5-15)29(22,27)28/h4-9,14H,1-3,10-13H2,(H2,22,27,28)(H2,23,24,26). The summed E-state index contributed by atoms with van der Waals surface area (Å²) in [4.78, 5) is 14.7. The largest absolute Gasteiger partial charge is 0.370 e. The molecule has 0 saturated carbocycles. The molecule has 1 aliphatic heterocycles. The van der Waals surface area contributed by atoms with E-state index < -0.39 is 10.0 Å². The van der Waals surface area contributed by atoms with Crippen LogP contribution >= 0.6 is 11.6 Å². The quantitative estimate of drug-likeness (QED) is 0.645. The van der Waals surface area contributed by atoms with E-state index in [1.807, 2.05) is 12.1 Å². The Hall–Kier alpha value is -2.29. The lowest BCUT2D eigenvalue weighted by atomic mass is 10.1. The molecule has 9 heteroatoms. The molecule has 0 radical (unpaired) electrons. The topological polar surface area (TPSA) is 105 Å². The average Bonchev–Trinajstić information content (AvgIpc) is 2.68. The zero-order valence-electron chi connectivity index (χ0n) is 16.0. The zero-order valence-corrected chi connectivity index (χ0v) is 17.6. The first-order valence-electron chi connectivity index (χ1n) is 9.54.